The summed E-state index contributed by atoms with van der Waals surface area (Å²) < 4.78 is 14.2. The SMILES string of the molecule is O=C(c1ccccc1)C1CCN(CC(=O)N2CCSC2c2ccccc2F)CC1. The van der Waals surface area contributed by atoms with Crippen LogP contribution >= 0.6 is 11.8 Å². The van der Waals surface area contributed by atoms with E-state index in [9.17, 15) is 14.0 Å². The van der Waals surface area contributed by atoms with Gasteiger partial charge in [0, 0.05) is 29.3 Å². The van der Waals surface area contributed by atoms with Gasteiger partial charge in [0.05, 0.1) is 6.54 Å². The number of carbonyl (C=O) groups excluding carboxylic acids is 2. The predicted molar refractivity (Wildman–Crippen MR) is 113 cm³/mol. The third-order valence-corrected chi connectivity index (χ3v) is 7.00. The number of amides is 1. The Hall–Kier alpha value is -2.18. The Morgan fingerprint density at radius 2 is 1.66 bits per heavy atom. The third kappa shape index (κ3) is 4.54. The molecule has 1 amide bonds. The molecule has 2 aromatic rings. The molecule has 0 saturated carbocycles. The number of Topliss-reactive ketones (excluding diaryl/α,β-unsaturated/α-hetero) is 1. The third-order valence-electron chi connectivity index (χ3n) is 5.76. The fraction of sp³-hybridized carbons (Fsp3) is 0.391. The van der Waals surface area contributed by atoms with E-state index >= 15 is 0 Å². The highest BCUT2D eigenvalue weighted by Crippen LogP contribution is 2.39. The van der Waals surface area contributed by atoms with E-state index in [2.05, 4.69) is 4.90 Å². The van der Waals surface area contributed by atoms with Crippen LogP contribution in [0.15, 0.2) is 54.6 Å². The van der Waals surface area contributed by atoms with Crippen LogP contribution in [0.1, 0.15) is 34.1 Å². The lowest BCUT2D eigenvalue weighted by Crippen LogP contribution is -2.44. The maximum Gasteiger partial charge on any atom is 0.237 e. The largest absolute Gasteiger partial charge is 0.325 e. The zero-order valence-electron chi connectivity index (χ0n) is 16.3. The summed E-state index contributed by atoms with van der Waals surface area (Å²) in [6, 6.07) is 16.1. The van der Waals surface area contributed by atoms with Crippen LogP contribution in [0.5, 0.6) is 0 Å². The van der Waals surface area contributed by atoms with Crippen molar-refractivity contribution in [2.75, 3.05) is 31.9 Å². The average molecular weight is 413 g/mol. The number of piperidine rings is 1. The fourth-order valence-corrected chi connectivity index (χ4v) is 5.43. The van der Waals surface area contributed by atoms with Gasteiger partial charge in [0.1, 0.15) is 11.2 Å². The summed E-state index contributed by atoms with van der Waals surface area (Å²) in [4.78, 5) is 29.5. The van der Waals surface area contributed by atoms with Gasteiger partial charge in [-0.05, 0) is 32.0 Å². The topological polar surface area (TPSA) is 40.6 Å². The Morgan fingerprint density at radius 3 is 2.38 bits per heavy atom. The Balaban J connectivity index is 1.33. The van der Waals surface area contributed by atoms with Crippen molar-refractivity contribution in [2.24, 2.45) is 5.92 Å². The molecule has 2 fully saturated rings. The van der Waals surface area contributed by atoms with Gasteiger partial charge in [-0.2, -0.15) is 0 Å². The summed E-state index contributed by atoms with van der Waals surface area (Å²) in [5.74, 6) is 0.823. The molecule has 0 radical (unpaired) electrons. The van der Waals surface area contributed by atoms with Crippen LogP contribution in [0, 0.1) is 11.7 Å². The normalized spacial score (nSPS) is 20.7. The Kier molecular flexibility index (Phi) is 6.31. The van der Waals surface area contributed by atoms with Crippen LogP contribution < -0.4 is 0 Å². The van der Waals surface area contributed by atoms with Gasteiger partial charge in [0.15, 0.2) is 5.78 Å². The Bertz CT molecular complexity index is 868. The number of nitrogens with zero attached hydrogens (tertiary/aromatic N) is 2. The van der Waals surface area contributed by atoms with E-state index in [0.717, 1.165) is 37.2 Å². The van der Waals surface area contributed by atoms with Crippen molar-refractivity contribution in [3.05, 3.63) is 71.5 Å². The highest BCUT2D eigenvalue weighted by atomic mass is 32.2. The monoisotopic (exact) mass is 412 g/mol. The average Bonchev–Trinajstić information content (AvgIpc) is 3.24. The lowest BCUT2D eigenvalue weighted by molar-refractivity contribution is -0.132. The van der Waals surface area contributed by atoms with Gasteiger partial charge in [-0.25, -0.2) is 4.39 Å². The molecule has 6 heteroatoms. The maximum atomic E-state index is 14.2. The second-order valence-electron chi connectivity index (χ2n) is 7.61. The molecule has 0 bridgehead atoms. The van der Waals surface area contributed by atoms with Crippen molar-refractivity contribution in [1.82, 2.24) is 9.80 Å². The number of likely N-dealkylation sites (tertiary alicyclic amines) is 1. The first-order valence-corrected chi connectivity index (χ1v) is 11.2. The predicted octanol–water partition coefficient (Wildman–Crippen LogP) is 3.99. The highest BCUT2D eigenvalue weighted by Gasteiger charge is 2.34. The molecule has 2 aromatic carbocycles. The number of rotatable bonds is 5. The molecule has 2 saturated heterocycles. The van der Waals surface area contributed by atoms with Crippen molar-refractivity contribution >= 4 is 23.5 Å². The van der Waals surface area contributed by atoms with Crippen LogP contribution in [0.3, 0.4) is 0 Å². The molecule has 1 atom stereocenters. The molecule has 2 aliphatic rings. The van der Waals surface area contributed by atoms with Gasteiger partial charge < -0.3 is 4.90 Å². The molecule has 2 heterocycles. The highest BCUT2D eigenvalue weighted by molar-refractivity contribution is 7.99. The van der Waals surface area contributed by atoms with Crippen molar-refractivity contribution < 1.29 is 14.0 Å². The number of hydrogen-bond acceptors (Lipinski definition) is 4. The first-order valence-electron chi connectivity index (χ1n) is 10.1. The first kappa shape index (κ1) is 20.1. The lowest BCUT2D eigenvalue weighted by Gasteiger charge is -2.33. The zero-order valence-corrected chi connectivity index (χ0v) is 17.1. The summed E-state index contributed by atoms with van der Waals surface area (Å²) in [7, 11) is 0. The molecule has 4 nitrogen and oxygen atoms in total. The molecule has 0 aromatic heterocycles. The number of hydrogen-bond donors (Lipinski definition) is 0. The zero-order chi connectivity index (χ0) is 20.2. The minimum absolute atomic E-state index is 0.0252. The summed E-state index contributed by atoms with van der Waals surface area (Å²) in [5, 5.41) is -0.249. The molecular weight excluding hydrogens is 387 g/mol. The van der Waals surface area contributed by atoms with Crippen LogP contribution in [0.4, 0.5) is 4.39 Å². The molecule has 1 unspecified atom stereocenters. The van der Waals surface area contributed by atoms with Crippen molar-refractivity contribution in [3.8, 4) is 0 Å². The van der Waals surface area contributed by atoms with Gasteiger partial charge in [-0.1, -0.05) is 48.5 Å². The minimum atomic E-state index is -0.259. The second kappa shape index (κ2) is 9.09. The van der Waals surface area contributed by atoms with Crippen LogP contribution in [0.25, 0.3) is 0 Å². The van der Waals surface area contributed by atoms with Gasteiger partial charge >= 0.3 is 0 Å². The Labute approximate surface area is 175 Å². The van der Waals surface area contributed by atoms with Gasteiger partial charge in [-0.15, -0.1) is 11.8 Å². The van der Waals surface area contributed by atoms with Gasteiger partial charge in [0.25, 0.3) is 0 Å². The van der Waals surface area contributed by atoms with E-state index < -0.39 is 0 Å². The lowest BCUT2D eigenvalue weighted by atomic mass is 9.89. The van der Waals surface area contributed by atoms with Gasteiger partial charge in [-0.3, -0.25) is 14.5 Å². The number of thioether (sulfide) groups is 1. The molecule has 0 spiro atoms. The van der Waals surface area contributed by atoms with Crippen LogP contribution in [0.2, 0.25) is 0 Å². The maximum absolute atomic E-state index is 14.2. The standard InChI is InChI=1S/C23H25FN2O2S/c24-20-9-5-4-8-19(20)23-26(14-15-29-23)21(27)16-25-12-10-18(11-13-25)22(28)17-6-2-1-3-7-17/h1-9,18,23H,10-16H2. The van der Waals surface area contributed by atoms with E-state index in [-0.39, 0.29) is 28.8 Å². The molecule has 29 heavy (non-hydrogen) atoms. The second-order valence-corrected chi connectivity index (χ2v) is 8.80. The molecule has 4 rings (SSSR count). The van der Waals surface area contributed by atoms with Crippen molar-refractivity contribution in [3.63, 3.8) is 0 Å². The Morgan fingerprint density at radius 1 is 0.966 bits per heavy atom. The molecule has 0 aliphatic carbocycles. The number of ketones is 1. The van der Waals surface area contributed by atoms with E-state index in [1.165, 1.54) is 6.07 Å². The van der Waals surface area contributed by atoms with Gasteiger partial charge in [0.2, 0.25) is 5.91 Å². The summed E-state index contributed by atoms with van der Waals surface area (Å²) in [5.41, 5.74) is 1.35. The smallest absolute Gasteiger partial charge is 0.237 e. The van der Waals surface area contributed by atoms with E-state index in [0.29, 0.717) is 18.7 Å². The quantitative estimate of drug-likeness (QED) is 0.696. The van der Waals surface area contributed by atoms with E-state index in [1.54, 1.807) is 28.8 Å². The first-order chi connectivity index (χ1) is 14.1. The summed E-state index contributed by atoms with van der Waals surface area (Å²) in [6.07, 6.45) is 1.54. The molecule has 2 aliphatic heterocycles. The van der Waals surface area contributed by atoms with E-state index in [4.69, 9.17) is 0 Å². The molecule has 152 valence electrons. The van der Waals surface area contributed by atoms with Crippen LogP contribution in [-0.4, -0.2) is 53.4 Å². The number of carbonyl (C=O) groups is 2. The number of halogens is 1. The summed E-state index contributed by atoms with van der Waals surface area (Å²) in [6.45, 7) is 2.45. The minimum Gasteiger partial charge on any atom is -0.325 e. The molecular formula is C23H25FN2O2S. The number of benzene rings is 2. The summed E-state index contributed by atoms with van der Waals surface area (Å²) >= 11 is 1.61. The van der Waals surface area contributed by atoms with Crippen molar-refractivity contribution in [1.29, 1.82) is 0 Å². The fourth-order valence-electron chi connectivity index (χ4n) is 4.13. The van der Waals surface area contributed by atoms with Crippen LogP contribution in [-0.2, 0) is 4.79 Å². The van der Waals surface area contributed by atoms with Crippen molar-refractivity contribution in [2.45, 2.75) is 18.2 Å². The molecule has 0 N–H and O–H groups in total. The van der Waals surface area contributed by atoms with E-state index in [1.807, 2.05) is 36.4 Å².